The lowest BCUT2D eigenvalue weighted by Crippen LogP contribution is -2.31. The first-order valence-electron chi connectivity index (χ1n) is 5.98. The van der Waals surface area contributed by atoms with Crippen molar-refractivity contribution in [2.75, 3.05) is 12.8 Å². The lowest BCUT2D eigenvalue weighted by molar-refractivity contribution is 0.426. The molecule has 5 nitrogen and oxygen atoms in total. The standard InChI is InChI=1S/C13H16N2O3S/c1-3-15(19(2,17)18)9-11-8-10-6-4-5-7-12(10)14-13(11)16/h4-8H,3,9H2,1-2H3,(H,14,16). The van der Waals surface area contributed by atoms with Crippen molar-refractivity contribution < 1.29 is 8.42 Å². The summed E-state index contributed by atoms with van der Waals surface area (Å²) in [5.74, 6) is 0. The van der Waals surface area contributed by atoms with Crippen LogP contribution in [0.4, 0.5) is 0 Å². The molecule has 0 amide bonds. The van der Waals surface area contributed by atoms with Gasteiger partial charge in [-0.25, -0.2) is 8.42 Å². The Bertz CT molecular complexity index is 750. The topological polar surface area (TPSA) is 70.2 Å². The van der Waals surface area contributed by atoms with E-state index in [1.165, 1.54) is 4.31 Å². The molecule has 102 valence electrons. The average molecular weight is 280 g/mol. The largest absolute Gasteiger partial charge is 0.322 e. The van der Waals surface area contributed by atoms with Crippen LogP contribution < -0.4 is 5.56 Å². The summed E-state index contributed by atoms with van der Waals surface area (Å²) >= 11 is 0. The fraction of sp³-hybridized carbons (Fsp3) is 0.308. The predicted octanol–water partition coefficient (Wildman–Crippen LogP) is 1.31. The molecule has 0 aliphatic rings. The van der Waals surface area contributed by atoms with E-state index in [1.807, 2.05) is 24.3 Å². The summed E-state index contributed by atoms with van der Waals surface area (Å²) in [6.45, 7) is 2.18. The second-order valence-electron chi connectivity index (χ2n) is 4.40. The zero-order valence-corrected chi connectivity index (χ0v) is 11.7. The molecule has 0 atom stereocenters. The van der Waals surface area contributed by atoms with Crippen LogP contribution >= 0.6 is 0 Å². The Labute approximate surface area is 111 Å². The average Bonchev–Trinajstić information content (AvgIpc) is 2.34. The Morgan fingerprint density at radius 1 is 1.26 bits per heavy atom. The van der Waals surface area contributed by atoms with Gasteiger partial charge in [0.15, 0.2) is 0 Å². The molecule has 0 unspecified atom stereocenters. The van der Waals surface area contributed by atoms with Gasteiger partial charge in [0, 0.05) is 24.2 Å². The molecule has 0 fully saturated rings. The van der Waals surface area contributed by atoms with Crippen LogP contribution in [0, 0.1) is 0 Å². The summed E-state index contributed by atoms with van der Waals surface area (Å²) in [6.07, 6.45) is 1.14. The number of rotatable bonds is 4. The van der Waals surface area contributed by atoms with Crippen molar-refractivity contribution >= 4 is 20.9 Å². The first-order chi connectivity index (χ1) is 8.91. The number of H-pyrrole nitrogens is 1. The number of para-hydroxylation sites is 1. The minimum absolute atomic E-state index is 0.0928. The van der Waals surface area contributed by atoms with Gasteiger partial charge in [0.25, 0.3) is 5.56 Å². The minimum Gasteiger partial charge on any atom is -0.322 e. The van der Waals surface area contributed by atoms with E-state index in [9.17, 15) is 13.2 Å². The number of pyridine rings is 1. The summed E-state index contributed by atoms with van der Waals surface area (Å²) in [5, 5.41) is 0.890. The van der Waals surface area contributed by atoms with E-state index in [-0.39, 0.29) is 12.1 Å². The van der Waals surface area contributed by atoms with Crippen LogP contribution in [0.3, 0.4) is 0 Å². The molecule has 2 aromatic rings. The molecule has 2 rings (SSSR count). The van der Waals surface area contributed by atoms with Crippen molar-refractivity contribution in [2.45, 2.75) is 13.5 Å². The number of fused-ring (bicyclic) bond motifs is 1. The minimum atomic E-state index is -3.30. The van der Waals surface area contributed by atoms with E-state index in [0.29, 0.717) is 12.1 Å². The molecule has 0 radical (unpaired) electrons. The summed E-state index contributed by atoms with van der Waals surface area (Å²) in [4.78, 5) is 14.7. The molecular weight excluding hydrogens is 264 g/mol. The second kappa shape index (κ2) is 5.14. The number of aromatic amines is 1. The van der Waals surface area contributed by atoms with Gasteiger partial charge >= 0.3 is 0 Å². The highest BCUT2D eigenvalue weighted by Gasteiger charge is 2.16. The third-order valence-electron chi connectivity index (χ3n) is 3.00. The maximum atomic E-state index is 11.9. The summed E-state index contributed by atoms with van der Waals surface area (Å²) < 4.78 is 24.4. The number of hydrogen-bond donors (Lipinski definition) is 1. The van der Waals surface area contributed by atoms with Gasteiger partial charge in [-0.15, -0.1) is 0 Å². The quantitative estimate of drug-likeness (QED) is 0.918. The van der Waals surface area contributed by atoms with Gasteiger partial charge in [0.1, 0.15) is 0 Å². The molecule has 0 saturated carbocycles. The number of hydrogen-bond acceptors (Lipinski definition) is 3. The van der Waals surface area contributed by atoms with E-state index >= 15 is 0 Å². The molecule has 19 heavy (non-hydrogen) atoms. The highest BCUT2D eigenvalue weighted by molar-refractivity contribution is 7.88. The lowest BCUT2D eigenvalue weighted by Gasteiger charge is -2.17. The summed E-state index contributed by atoms with van der Waals surface area (Å²) in [5.41, 5.74) is 0.949. The van der Waals surface area contributed by atoms with Gasteiger partial charge < -0.3 is 4.98 Å². The molecule has 0 aliphatic heterocycles. The van der Waals surface area contributed by atoms with Crippen LogP contribution in [0.1, 0.15) is 12.5 Å². The molecule has 0 spiro atoms. The number of nitrogens with one attached hydrogen (secondary N) is 1. The van der Waals surface area contributed by atoms with Gasteiger partial charge in [-0.05, 0) is 17.5 Å². The normalized spacial score (nSPS) is 12.2. The predicted molar refractivity (Wildman–Crippen MR) is 75.5 cm³/mol. The number of sulfonamides is 1. The lowest BCUT2D eigenvalue weighted by atomic mass is 10.1. The van der Waals surface area contributed by atoms with Crippen LogP contribution in [-0.4, -0.2) is 30.5 Å². The van der Waals surface area contributed by atoms with Crippen molar-refractivity contribution in [1.82, 2.24) is 9.29 Å². The van der Waals surface area contributed by atoms with Crippen molar-refractivity contribution in [1.29, 1.82) is 0 Å². The first-order valence-corrected chi connectivity index (χ1v) is 7.82. The summed E-state index contributed by atoms with van der Waals surface area (Å²) in [7, 11) is -3.30. The van der Waals surface area contributed by atoms with E-state index in [1.54, 1.807) is 13.0 Å². The van der Waals surface area contributed by atoms with Gasteiger partial charge in [-0.2, -0.15) is 4.31 Å². The summed E-state index contributed by atoms with van der Waals surface area (Å²) in [6, 6.07) is 9.15. The third kappa shape index (κ3) is 3.02. The molecule has 6 heteroatoms. The SMILES string of the molecule is CCN(Cc1cc2ccccc2[nH]c1=O)S(C)(=O)=O. The molecule has 0 saturated heterocycles. The molecule has 1 N–H and O–H groups in total. The fourth-order valence-corrected chi connectivity index (χ4v) is 2.81. The zero-order chi connectivity index (χ0) is 14.0. The number of benzene rings is 1. The Kier molecular flexibility index (Phi) is 3.73. The smallest absolute Gasteiger partial charge is 0.252 e. The number of nitrogens with zero attached hydrogens (tertiary/aromatic N) is 1. The van der Waals surface area contributed by atoms with Crippen LogP contribution in [0.5, 0.6) is 0 Å². The van der Waals surface area contributed by atoms with Crippen molar-refractivity contribution in [3.8, 4) is 0 Å². The van der Waals surface area contributed by atoms with Crippen molar-refractivity contribution in [2.24, 2.45) is 0 Å². The first kappa shape index (κ1) is 13.8. The zero-order valence-electron chi connectivity index (χ0n) is 10.9. The van der Waals surface area contributed by atoms with Crippen LogP contribution in [0.2, 0.25) is 0 Å². The van der Waals surface area contributed by atoms with Crippen molar-refractivity contribution in [3.05, 3.63) is 46.2 Å². The maximum absolute atomic E-state index is 11.9. The molecule has 0 aliphatic carbocycles. The highest BCUT2D eigenvalue weighted by Crippen LogP contribution is 2.12. The van der Waals surface area contributed by atoms with Gasteiger partial charge in [0.05, 0.1) is 6.26 Å². The molecule has 1 aromatic heterocycles. The second-order valence-corrected chi connectivity index (χ2v) is 6.38. The molecular formula is C13H16N2O3S. The van der Waals surface area contributed by atoms with Gasteiger partial charge in [-0.1, -0.05) is 25.1 Å². The van der Waals surface area contributed by atoms with Crippen LogP contribution in [0.15, 0.2) is 35.1 Å². The third-order valence-corrected chi connectivity index (χ3v) is 4.32. The Hall–Kier alpha value is -1.66. The number of aromatic nitrogens is 1. The van der Waals surface area contributed by atoms with Crippen LogP contribution in [0.25, 0.3) is 10.9 Å². The highest BCUT2D eigenvalue weighted by atomic mass is 32.2. The van der Waals surface area contributed by atoms with E-state index in [0.717, 1.165) is 17.2 Å². The van der Waals surface area contributed by atoms with E-state index < -0.39 is 10.0 Å². The van der Waals surface area contributed by atoms with E-state index in [4.69, 9.17) is 0 Å². The molecule has 0 bridgehead atoms. The van der Waals surface area contributed by atoms with E-state index in [2.05, 4.69) is 4.98 Å². The van der Waals surface area contributed by atoms with Gasteiger partial charge in [0.2, 0.25) is 10.0 Å². The van der Waals surface area contributed by atoms with Crippen LogP contribution in [-0.2, 0) is 16.6 Å². The van der Waals surface area contributed by atoms with Gasteiger partial charge in [-0.3, -0.25) is 4.79 Å². The molecule has 1 heterocycles. The Morgan fingerprint density at radius 2 is 1.95 bits per heavy atom. The Balaban J connectivity index is 2.46. The maximum Gasteiger partial charge on any atom is 0.252 e. The van der Waals surface area contributed by atoms with Crippen molar-refractivity contribution in [3.63, 3.8) is 0 Å². The monoisotopic (exact) mass is 280 g/mol. The fourth-order valence-electron chi connectivity index (χ4n) is 1.96. The Morgan fingerprint density at radius 3 is 2.58 bits per heavy atom. The molecule has 1 aromatic carbocycles.